The lowest BCUT2D eigenvalue weighted by atomic mass is 10.2. The number of rotatable bonds is 7. The van der Waals surface area contributed by atoms with Crippen LogP contribution in [0.1, 0.15) is 25.2 Å². The van der Waals surface area contributed by atoms with Gasteiger partial charge in [-0.25, -0.2) is 0 Å². The van der Waals surface area contributed by atoms with Crippen LogP contribution >= 0.6 is 11.8 Å². The van der Waals surface area contributed by atoms with Crippen LogP contribution in [0.25, 0.3) is 0 Å². The van der Waals surface area contributed by atoms with Crippen molar-refractivity contribution in [3.63, 3.8) is 0 Å². The fraction of sp³-hybridized carbons (Fsp3) is 0.727. The Kier molecular flexibility index (Phi) is 4.60. The molecule has 6 nitrogen and oxygen atoms in total. The molecular formula is C11H17N3O3S. The number of carbonyl (C=O) groups is 1. The zero-order chi connectivity index (χ0) is 13.0. The lowest BCUT2D eigenvalue weighted by molar-refractivity contribution is -0.143. The van der Waals surface area contributed by atoms with E-state index in [9.17, 15) is 4.79 Å². The van der Waals surface area contributed by atoms with Gasteiger partial charge in [0.25, 0.3) is 5.22 Å². The largest absolute Gasteiger partial charge is 0.468 e. The van der Waals surface area contributed by atoms with Crippen LogP contribution in [-0.4, -0.2) is 41.1 Å². The summed E-state index contributed by atoms with van der Waals surface area (Å²) in [6, 6.07) is 0.240. The van der Waals surface area contributed by atoms with Gasteiger partial charge in [0.05, 0.1) is 7.11 Å². The monoisotopic (exact) mass is 271 g/mol. The fourth-order valence-corrected chi connectivity index (χ4v) is 2.35. The van der Waals surface area contributed by atoms with Gasteiger partial charge in [-0.05, 0) is 19.3 Å². The standard InChI is InChI=1S/C11H17N3O3S/c1-7-13-14-11(17-7)18-6-5-9(10(15)16-2)12-8-3-4-8/h8-9,12H,3-6H2,1-2H3. The molecule has 1 aromatic heterocycles. The molecule has 0 amide bonds. The number of thioether (sulfide) groups is 1. The Morgan fingerprint density at radius 2 is 2.39 bits per heavy atom. The van der Waals surface area contributed by atoms with E-state index >= 15 is 0 Å². The van der Waals surface area contributed by atoms with E-state index < -0.39 is 0 Å². The second kappa shape index (κ2) is 6.19. The molecule has 1 N–H and O–H groups in total. The molecule has 0 aliphatic heterocycles. The van der Waals surface area contributed by atoms with Crippen LogP contribution in [0.5, 0.6) is 0 Å². The van der Waals surface area contributed by atoms with Crippen LogP contribution in [0, 0.1) is 6.92 Å². The summed E-state index contributed by atoms with van der Waals surface area (Å²) in [7, 11) is 1.42. The number of hydrogen-bond donors (Lipinski definition) is 1. The van der Waals surface area contributed by atoms with Crippen molar-refractivity contribution in [1.82, 2.24) is 15.5 Å². The van der Waals surface area contributed by atoms with Gasteiger partial charge in [-0.15, -0.1) is 10.2 Å². The van der Waals surface area contributed by atoms with Crippen molar-refractivity contribution >= 4 is 17.7 Å². The second-order valence-electron chi connectivity index (χ2n) is 4.24. The van der Waals surface area contributed by atoms with Crippen LogP contribution < -0.4 is 5.32 Å². The molecule has 1 atom stereocenters. The van der Waals surface area contributed by atoms with Crippen molar-refractivity contribution in [2.75, 3.05) is 12.9 Å². The molecule has 0 aromatic carbocycles. The molecule has 2 rings (SSSR count). The third-order valence-corrected chi connectivity index (χ3v) is 3.49. The molecule has 1 heterocycles. The molecule has 0 spiro atoms. The third kappa shape index (κ3) is 3.99. The first-order valence-electron chi connectivity index (χ1n) is 5.96. The Bertz CT molecular complexity index is 406. The van der Waals surface area contributed by atoms with Crippen LogP contribution in [0.2, 0.25) is 0 Å². The van der Waals surface area contributed by atoms with Gasteiger partial charge in [-0.2, -0.15) is 0 Å². The summed E-state index contributed by atoms with van der Waals surface area (Å²) < 4.78 is 10.0. The molecule has 1 unspecified atom stereocenters. The number of carbonyl (C=O) groups excluding carboxylic acids is 1. The molecule has 0 saturated heterocycles. The summed E-state index contributed by atoms with van der Waals surface area (Å²) in [4.78, 5) is 11.6. The maximum absolute atomic E-state index is 11.6. The van der Waals surface area contributed by atoms with Gasteiger partial charge in [-0.3, -0.25) is 4.79 Å². The lowest BCUT2D eigenvalue weighted by Crippen LogP contribution is -2.39. The second-order valence-corrected chi connectivity index (χ2v) is 5.29. The maximum atomic E-state index is 11.6. The summed E-state index contributed by atoms with van der Waals surface area (Å²) >= 11 is 1.46. The zero-order valence-electron chi connectivity index (χ0n) is 10.5. The fourth-order valence-electron chi connectivity index (χ4n) is 1.55. The van der Waals surface area contributed by atoms with E-state index in [1.807, 2.05) is 0 Å². The predicted octanol–water partition coefficient (Wildman–Crippen LogP) is 1.15. The van der Waals surface area contributed by atoms with Gasteiger partial charge in [-0.1, -0.05) is 11.8 Å². The van der Waals surface area contributed by atoms with Gasteiger partial charge < -0.3 is 14.5 Å². The zero-order valence-corrected chi connectivity index (χ0v) is 11.3. The number of nitrogens with one attached hydrogen (secondary N) is 1. The Morgan fingerprint density at radius 3 is 2.94 bits per heavy atom. The highest BCUT2D eigenvalue weighted by Crippen LogP contribution is 2.22. The highest BCUT2D eigenvalue weighted by atomic mass is 32.2. The van der Waals surface area contributed by atoms with E-state index in [1.54, 1.807) is 6.92 Å². The predicted molar refractivity (Wildman–Crippen MR) is 66.3 cm³/mol. The average Bonchev–Trinajstić information content (AvgIpc) is 3.09. The smallest absolute Gasteiger partial charge is 0.322 e. The molecular weight excluding hydrogens is 254 g/mol. The Labute approximate surface area is 110 Å². The number of aromatic nitrogens is 2. The molecule has 0 bridgehead atoms. The van der Waals surface area contributed by atoms with E-state index in [0.29, 0.717) is 23.6 Å². The molecule has 100 valence electrons. The SMILES string of the molecule is COC(=O)C(CCSc1nnc(C)o1)NC1CC1. The number of aryl methyl sites for hydroxylation is 1. The summed E-state index contributed by atoms with van der Waals surface area (Å²) in [5.41, 5.74) is 0. The Hall–Kier alpha value is -1.08. The van der Waals surface area contributed by atoms with Crippen LogP contribution in [0.15, 0.2) is 9.64 Å². The highest BCUT2D eigenvalue weighted by molar-refractivity contribution is 7.99. The lowest BCUT2D eigenvalue weighted by Gasteiger charge is -2.15. The van der Waals surface area contributed by atoms with E-state index in [-0.39, 0.29) is 12.0 Å². The number of nitrogens with zero attached hydrogens (tertiary/aromatic N) is 2. The number of esters is 1. The first-order chi connectivity index (χ1) is 8.69. The van der Waals surface area contributed by atoms with Crippen molar-refractivity contribution in [3.05, 3.63) is 5.89 Å². The van der Waals surface area contributed by atoms with Crippen LogP contribution in [0.3, 0.4) is 0 Å². The van der Waals surface area contributed by atoms with Crippen LogP contribution in [0.4, 0.5) is 0 Å². The van der Waals surface area contributed by atoms with Crippen molar-refractivity contribution in [1.29, 1.82) is 0 Å². The van der Waals surface area contributed by atoms with Crippen molar-refractivity contribution < 1.29 is 13.9 Å². The quantitative estimate of drug-likeness (QED) is 0.589. The molecule has 1 aliphatic carbocycles. The summed E-state index contributed by atoms with van der Waals surface area (Å²) in [6.45, 7) is 1.75. The normalized spacial score (nSPS) is 16.6. The first kappa shape index (κ1) is 13.4. The van der Waals surface area contributed by atoms with Gasteiger partial charge in [0.2, 0.25) is 5.89 Å². The Morgan fingerprint density at radius 1 is 1.61 bits per heavy atom. The van der Waals surface area contributed by atoms with Gasteiger partial charge in [0, 0.05) is 18.7 Å². The average molecular weight is 271 g/mol. The third-order valence-electron chi connectivity index (χ3n) is 2.64. The topological polar surface area (TPSA) is 77.2 Å². The molecule has 1 saturated carbocycles. The number of ether oxygens (including phenoxy) is 1. The minimum Gasteiger partial charge on any atom is -0.468 e. The first-order valence-corrected chi connectivity index (χ1v) is 6.94. The maximum Gasteiger partial charge on any atom is 0.322 e. The summed E-state index contributed by atoms with van der Waals surface area (Å²) in [5.74, 6) is 1.09. The minimum absolute atomic E-state index is 0.204. The van der Waals surface area contributed by atoms with Gasteiger partial charge in [0.15, 0.2) is 0 Å². The molecule has 1 aromatic rings. The summed E-state index contributed by atoms with van der Waals surface area (Å²) in [6.07, 6.45) is 2.97. The summed E-state index contributed by atoms with van der Waals surface area (Å²) in [5, 5.41) is 11.5. The van der Waals surface area contributed by atoms with E-state index in [0.717, 1.165) is 18.6 Å². The van der Waals surface area contributed by atoms with E-state index in [2.05, 4.69) is 15.5 Å². The minimum atomic E-state index is -0.237. The molecule has 1 fully saturated rings. The van der Waals surface area contributed by atoms with E-state index in [1.165, 1.54) is 18.9 Å². The van der Waals surface area contributed by atoms with E-state index in [4.69, 9.17) is 9.15 Å². The molecule has 1 aliphatic rings. The number of hydrogen-bond acceptors (Lipinski definition) is 7. The molecule has 18 heavy (non-hydrogen) atoms. The Balaban J connectivity index is 1.75. The number of methoxy groups -OCH3 is 1. The highest BCUT2D eigenvalue weighted by Gasteiger charge is 2.28. The van der Waals surface area contributed by atoms with Crippen molar-refractivity contribution in [3.8, 4) is 0 Å². The van der Waals surface area contributed by atoms with Crippen LogP contribution in [-0.2, 0) is 9.53 Å². The van der Waals surface area contributed by atoms with Crippen molar-refractivity contribution in [2.45, 2.75) is 43.5 Å². The van der Waals surface area contributed by atoms with Gasteiger partial charge >= 0.3 is 5.97 Å². The molecule has 7 heteroatoms. The van der Waals surface area contributed by atoms with Crippen molar-refractivity contribution in [2.24, 2.45) is 0 Å². The molecule has 0 radical (unpaired) electrons. The van der Waals surface area contributed by atoms with Gasteiger partial charge in [0.1, 0.15) is 6.04 Å².